The molecule has 0 fully saturated rings. The van der Waals surface area contributed by atoms with Gasteiger partial charge < -0.3 is 5.73 Å². The molecule has 0 radical (unpaired) electrons. The van der Waals surface area contributed by atoms with E-state index in [1.54, 1.807) is 0 Å². The first kappa shape index (κ1) is 16.8. The number of hydrogen-bond acceptors (Lipinski definition) is 4. The summed E-state index contributed by atoms with van der Waals surface area (Å²) in [5.74, 6) is 0. The molecule has 0 saturated heterocycles. The Labute approximate surface area is 142 Å². The molecule has 0 aliphatic rings. The molecule has 0 spiro atoms. The summed E-state index contributed by atoms with van der Waals surface area (Å²) in [6.45, 7) is 4.00. The van der Waals surface area contributed by atoms with Gasteiger partial charge in [0.15, 0.2) is 0 Å². The number of hydrogen-bond donors (Lipinski definition) is 1. The van der Waals surface area contributed by atoms with Crippen LogP contribution in [0.5, 0.6) is 0 Å². The average molecular weight is 345 g/mol. The normalized spacial score (nSPS) is 11.2. The zero-order chi connectivity index (χ0) is 18.1. The predicted molar refractivity (Wildman–Crippen MR) is 90.0 cm³/mol. The van der Waals surface area contributed by atoms with E-state index in [1.807, 2.05) is 26.0 Å². The fourth-order valence-corrected chi connectivity index (χ4v) is 2.66. The Kier molecular flexibility index (Phi) is 4.35. The molecule has 3 rings (SSSR count). The van der Waals surface area contributed by atoms with Crippen molar-refractivity contribution in [3.63, 3.8) is 0 Å². The van der Waals surface area contributed by atoms with Crippen molar-refractivity contribution in [3.05, 3.63) is 69.1 Å². The highest BCUT2D eigenvalue weighted by molar-refractivity contribution is 5.54. The van der Waals surface area contributed by atoms with E-state index in [1.165, 1.54) is 28.9 Å². The van der Waals surface area contributed by atoms with Gasteiger partial charge in [0.2, 0.25) is 0 Å². The van der Waals surface area contributed by atoms with Crippen LogP contribution in [-0.4, -0.2) is 19.8 Å². The van der Waals surface area contributed by atoms with Gasteiger partial charge in [0.1, 0.15) is 0 Å². The summed E-state index contributed by atoms with van der Waals surface area (Å²) in [5.41, 5.74) is 8.91. The topological polar surface area (TPSA) is 78.7 Å². The van der Waals surface area contributed by atoms with E-state index in [9.17, 15) is 13.6 Å². The van der Waals surface area contributed by atoms with Crippen molar-refractivity contribution in [3.8, 4) is 5.69 Å². The van der Waals surface area contributed by atoms with Gasteiger partial charge in [0.05, 0.1) is 12.2 Å². The monoisotopic (exact) mass is 345 g/mol. The number of aromatic nitrogens is 4. The smallest absolute Gasteiger partial charge is 0.368 e. The molecule has 0 unspecified atom stereocenters. The molecule has 6 nitrogen and oxygen atoms in total. The van der Waals surface area contributed by atoms with E-state index in [-0.39, 0.29) is 17.8 Å². The van der Waals surface area contributed by atoms with Crippen LogP contribution in [0.1, 0.15) is 28.7 Å². The molecule has 0 aliphatic heterocycles. The van der Waals surface area contributed by atoms with E-state index in [0.717, 1.165) is 21.4 Å². The minimum atomic E-state index is -2.62. The van der Waals surface area contributed by atoms with Crippen molar-refractivity contribution in [2.75, 3.05) is 5.73 Å². The molecule has 25 heavy (non-hydrogen) atoms. The summed E-state index contributed by atoms with van der Waals surface area (Å²) in [6.07, 6.45) is -2.62. The lowest BCUT2D eigenvalue weighted by atomic mass is 10.0. The fourth-order valence-electron chi connectivity index (χ4n) is 2.66. The van der Waals surface area contributed by atoms with Crippen LogP contribution >= 0.6 is 0 Å². The molecular weight excluding hydrogens is 328 g/mol. The van der Waals surface area contributed by atoms with Gasteiger partial charge in [0, 0.05) is 11.3 Å². The Bertz CT molecular complexity index is 954. The minimum absolute atomic E-state index is 0.177. The number of rotatable bonds is 4. The second-order valence-electron chi connectivity index (χ2n) is 5.87. The van der Waals surface area contributed by atoms with Gasteiger partial charge in [-0.2, -0.15) is 9.36 Å². The molecule has 0 saturated carbocycles. The lowest BCUT2D eigenvalue weighted by molar-refractivity contribution is 0.151. The largest absolute Gasteiger partial charge is 0.398 e. The molecule has 8 heteroatoms. The molecule has 2 aromatic carbocycles. The Morgan fingerprint density at radius 2 is 1.80 bits per heavy atom. The second-order valence-corrected chi connectivity index (χ2v) is 5.87. The predicted octanol–water partition coefficient (Wildman–Crippen LogP) is 2.61. The summed E-state index contributed by atoms with van der Waals surface area (Å²) in [4.78, 5) is 12.5. The standard InChI is InChI=1S/C17H17F2N5O/c1-10-6-12(7-11(2)15(10)20)9-23-17(25)24(22-21-23)14-5-3-4-13(8-14)16(18)19/h3-8,16H,9,20H2,1-2H3. The van der Waals surface area contributed by atoms with Crippen LogP contribution in [-0.2, 0) is 6.54 Å². The van der Waals surface area contributed by atoms with E-state index >= 15 is 0 Å². The Morgan fingerprint density at radius 1 is 1.12 bits per heavy atom. The van der Waals surface area contributed by atoms with E-state index in [4.69, 9.17) is 5.73 Å². The molecule has 3 aromatic rings. The van der Waals surface area contributed by atoms with Gasteiger partial charge in [-0.15, -0.1) is 0 Å². The van der Waals surface area contributed by atoms with Crippen molar-refractivity contribution in [2.45, 2.75) is 26.8 Å². The Hall–Kier alpha value is -3.03. The Balaban J connectivity index is 1.94. The van der Waals surface area contributed by atoms with Crippen LogP contribution in [0.3, 0.4) is 0 Å². The molecule has 130 valence electrons. The summed E-state index contributed by atoms with van der Waals surface area (Å²) in [7, 11) is 0. The number of alkyl halides is 2. The van der Waals surface area contributed by atoms with Gasteiger partial charge in [0.25, 0.3) is 6.43 Å². The molecule has 0 bridgehead atoms. The summed E-state index contributed by atoms with van der Waals surface area (Å²) < 4.78 is 27.8. The number of halogens is 2. The van der Waals surface area contributed by atoms with Gasteiger partial charge in [-0.1, -0.05) is 24.3 Å². The van der Waals surface area contributed by atoms with Crippen molar-refractivity contribution >= 4 is 5.69 Å². The average Bonchev–Trinajstić information content (AvgIpc) is 2.93. The zero-order valence-electron chi connectivity index (χ0n) is 13.8. The maximum absolute atomic E-state index is 12.8. The van der Waals surface area contributed by atoms with Crippen LogP contribution in [0.2, 0.25) is 0 Å². The highest BCUT2D eigenvalue weighted by Crippen LogP contribution is 2.21. The van der Waals surface area contributed by atoms with Crippen LogP contribution in [0.25, 0.3) is 5.69 Å². The lowest BCUT2D eigenvalue weighted by Gasteiger charge is -2.08. The molecule has 1 aromatic heterocycles. The third kappa shape index (κ3) is 3.28. The molecular formula is C17H17F2N5O. The third-order valence-electron chi connectivity index (χ3n) is 3.99. The number of nitrogens with two attached hydrogens (primary N) is 1. The van der Waals surface area contributed by atoms with Crippen LogP contribution in [0.15, 0.2) is 41.2 Å². The summed E-state index contributed by atoms with van der Waals surface area (Å²) in [6, 6.07) is 9.27. The number of anilines is 1. The highest BCUT2D eigenvalue weighted by atomic mass is 19.3. The summed E-state index contributed by atoms with van der Waals surface area (Å²) >= 11 is 0. The number of tetrazole rings is 1. The van der Waals surface area contributed by atoms with Crippen LogP contribution < -0.4 is 11.4 Å². The number of aryl methyl sites for hydroxylation is 2. The van der Waals surface area contributed by atoms with Gasteiger partial charge >= 0.3 is 5.69 Å². The van der Waals surface area contributed by atoms with Gasteiger partial charge in [-0.25, -0.2) is 13.6 Å². The Morgan fingerprint density at radius 3 is 2.44 bits per heavy atom. The van der Waals surface area contributed by atoms with Crippen molar-refractivity contribution in [1.82, 2.24) is 19.8 Å². The lowest BCUT2D eigenvalue weighted by Crippen LogP contribution is -2.25. The van der Waals surface area contributed by atoms with Crippen LogP contribution in [0, 0.1) is 13.8 Å². The van der Waals surface area contributed by atoms with E-state index < -0.39 is 12.1 Å². The first-order chi connectivity index (χ1) is 11.9. The molecule has 0 amide bonds. The van der Waals surface area contributed by atoms with Gasteiger partial charge in [-0.3, -0.25) is 0 Å². The SMILES string of the molecule is Cc1cc(Cn2nnn(-c3cccc(C(F)F)c3)c2=O)cc(C)c1N. The quantitative estimate of drug-likeness (QED) is 0.737. The van der Waals surface area contributed by atoms with Crippen molar-refractivity contribution in [2.24, 2.45) is 0 Å². The second kappa shape index (κ2) is 6.46. The number of benzene rings is 2. The van der Waals surface area contributed by atoms with E-state index in [0.29, 0.717) is 5.69 Å². The van der Waals surface area contributed by atoms with E-state index in [2.05, 4.69) is 10.4 Å². The molecule has 2 N–H and O–H groups in total. The minimum Gasteiger partial charge on any atom is -0.398 e. The first-order valence-corrected chi connectivity index (χ1v) is 7.63. The maximum Gasteiger partial charge on any atom is 0.368 e. The first-order valence-electron chi connectivity index (χ1n) is 7.63. The fraction of sp³-hybridized carbons (Fsp3) is 0.235. The molecule has 1 heterocycles. The van der Waals surface area contributed by atoms with Gasteiger partial charge in [-0.05, 0) is 53.1 Å². The summed E-state index contributed by atoms with van der Waals surface area (Å²) in [5, 5.41) is 7.63. The highest BCUT2D eigenvalue weighted by Gasteiger charge is 2.13. The van der Waals surface area contributed by atoms with Crippen molar-refractivity contribution in [1.29, 1.82) is 0 Å². The zero-order valence-corrected chi connectivity index (χ0v) is 13.8. The van der Waals surface area contributed by atoms with Crippen molar-refractivity contribution < 1.29 is 8.78 Å². The molecule has 0 aliphatic carbocycles. The third-order valence-corrected chi connectivity index (χ3v) is 3.99. The maximum atomic E-state index is 12.8. The number of nitrogen functional groups attached to an aromatic ring is 1. The number of nitrogens with zero attached hydrogens (tertiary/aromatic N) is 4. The molecule has 0 atom stereocenters. The van der Waals surface area contributed by atoms with Crippen LogP contribution in [0.4, 0.5) is 14.5 Å².